The topological polar surface area (TPSA) is 43.3 Å². The van der Waals surface area contributed by atoms with E-state index >= 15 is 0 Å². The molecule has 0 saturated heterocycles. The summed E-state index contributed by atoms with van der Waals surface area (Å²) in [6.07, 6.45) is 0. The minimum atomic E-state index is 0.709. The first kappa shape index (κ1) is 30.3. The van der Waals surface area contributed by atoms with E-state index < -0.39 is 0 Å². The molecule has 0 unspecified atom stereocenters. The van der Waals surface area contributed by atoms with E-state index in [1.165, 1.54) is 16.2 Å². The number of hydrogen-bond donors (Lipinski definition) is 0. The first-order valence-electron chi connectivity index (χ1n) is 18.2. The summed E-state index contributed by atoms with van der Waals surface area (Å²) in [7, 11) is 0. The third kappa shape index (κ3) is 4.85. The van der Waals surface area contributed by atoms with Crippen LogP contribution in [-0.2, 0) is 0 Å². The number of hydrogen-bond acceptors (Lipinski definition) is 3. The molecule has 0 atom stereocenters. The predicted molar refractivity (Wildman–Crippen MR) is 222 cm³/mol. The lowest BCUT2D eigenvalue weighted by molar-refractivity contribution is 0.658. The Morgan fingerprint density at radius 3 is 1.76 bits per heavy atom. The summed E-state index contributed by atoms with van der Waals surface area (Å²) < 4.78 is 8.75. The van der Waals surface area contributed by atoms with E-state index in [4.69, 9.17) is 14.4 Å². The fourth-order valence-electron chi connectivity index (χ4n) is 8.07. The van der Waals surface area contributed by atoms with E-state index in [-0.39, 0.29) is 0 Å². The monoisotopic (exact) mass is 689 g/mol. The molecule has 11 aromatic rings. The molecule has 0 aliphatic rings. The van der Waals surface area contributed by atoms with Crippen molar-refractivity contribution in [3.63, 3.8) is 0 Å². The second-order valence-electron chi connectivity index (χ2n) is 13.8. The number of aromatic nitrogens is 3. The molecule has 0 spiro atoms. The van der Waals surface area contributed by atoms with Crippen LogP contribution in [0.15, 0.2) is 192 Å². The summed E-state index contributed by atoms with van der Waals surface area (Å²) >= 11 is 0. The van der Waals surface area contributed by atoms with E-state index in [0.717, 1.165) is 83.4 Å². The Morgan fingerprint density at radius 1 is 0.389 bits per heavy atom. The number of rotatable bonds is 5. The van der Waals surface area contributed by atoms with Crippen molar-refractivity contribution >= 4 is 49.3 Å². The second-order valence-corrected chi connectivity index (χ2v) is 13.8. The number of oxazole rings is 1. The summed E-state index contributed by atoms with van der Waals surface area (Å²) in [6, 6.07) is 66.1. The maximum atomic E-state index is 6.51. The van der Waals surface area contributed by atoms with Gasteiger partial charge in [-0.1, -0.05) is 158 Å². The normalized spacial score (nSPS) is 11.7. The first-order valence-corrected chi connectivity index (χ1v) is 18.2. The summed E-state index contributed by atoms with van der Waals surface area (Å²) in [5, 5.41) is 5.81. The van der Waals surface area contributed by atoms with Crippen molar-refractivity contribution in [1.29, 1.82) is 0 Å². The fourth-order valence-corrected chi connectivity index (χ4v) is 8.07. The Bertz CT molecular complexity index is 3120. The number of nitrogens with zero attached hydrogens (tertiary/aromatic N) is 3. The molecule has 0 saturated carbocycles. The molecule has 252 valence electrons. The van der Waals surface area contributed by atoms with Crippen molar-refractivity contribution < 1.29 is 4.42 Å². The Kier molecular flexibility index (Phi) is 6.82. The summed E-state index contributed by atoms with van der Waals surface area (Å²) in [5.41, 5.74) is 13.3. The van der Waals surface area contributed by atoms with Gasteiger partial charge in [0.2, 0.25) is 5.71 Å². The van der Waals surface area contributed by atoms with Crippen LogP contribution in [0.2, 0.25) is 0 Å². The van der Waals surface area contributed by atoms with Crippen LogP contribution in [0.25, 0.3) is 105 Å². The highest BCUT2D eigenvalue weighted by Gasteiger charge is 2.20. The first-order chi connectivity index (χ1) is 26.8. The number of fused-ring (bicyclic) bond motifs is 7. The Morgan fingerprint density at radius 2 is 0.963 bits per heavy atom. The van der Waals surface area contributed by atoms with Gasteiger partial charge in [-0.15, -0.1) is 0 Å². The molecule has 0 aliphatic heterocycles. The highest BCUT2D eigenvalue weighted by atomic mass is 16.3. The lowest BCUT2D eigenvalue weighted by atomic mass is 9.97. The molecule has 4 heteroatoms. The van der Waals surface area contributed by atoms with Crippen molar-refractivity contribution in [2.45, 2.75) is 0 Å². The standard InChI is InChI=1S/C50H31N3O/c1-3-18-38-33(12-1)14-10-21-40(38)44-31-43(51-49(52-44)41-22-11-15-34-13-2-4-19-39(34)41)35-28-26-32(27-29-35)36-16-9-17-37(30-36)48-42-20-5-6-23-45(42)53-46-24-7-8-25-47(46)54-50(48)53/h1-31H. The Hall–Kier alpha value is -7.30. The molecule has 0 bridgehead atoms. The van der Waals surface area contributed by atoms with Gasteiger partial charge in [0.05, 0.1) is 28.0 Å². The summed E-state index contributed by atoms with van der Waals surface area (Å²) in [6.45, 7) is 0. The van der Waals surface area contributed by atoms with Gasteiger partial charge in [0.1, 0.15) is 0 Å². The highest BCUT2D eigenvalue weighted by molar-refractivity contribution is 6.07. The summed E-state index contributed by atoms with van der Waals surface area (Å²) in [5.74, 6) is 0.709. The van der Waals surface area contributed by atoms with E-state index in [9.17, 15) is 0 Å². The van der Waals surface area contributed by atoms with Crippen LogP contribution in [0.4, 0.5) is 0 Å². The van der Waals surface area contributed by atoms with Crippen LogP contribution in [0.3, 0.4) is 0 Å². The number of para-hydroxylation sites is 3. The SMILES string of the molecule is c1cc(-c2ccc(-c3cc(-c4cccc5ccccc45)nc(-c4cccc5ccccc45)n3)cc2)cc(-c2c3ccccc3n3c2oc2ccccc23)c1. The van der Waals surface area contributed by atoms with Gasteiger partial charge in [0, 0.05) is 22.1 Å². The molecule has 0 amide bonds. The minimum absolute atomic E-state index is 0.709. The zero-order chi connectivity index (χ0) is 35.6. The lowest BCUT2D eigenvalue weighted by Gasteiger charge is -2.13. The molecule has 3 heterocycles. The molecule has 3 aromatic heterocycles. The van der Waals surface area contributed by atoms with Crippen LogP contribution in [0.5, 0.6) is 0 Å². The quantitative estimate of drug-likeness (QED) is 0.181. The van der Waals surface area contributed by atoms with Crippen molar-refractivity contribution in [2.24, 2.45) is 0 Å². The van der Waals surface area contributed by atoms with Gasteiger partial charge in [-0.25, -0.2) is 9.97 Å². The van der Waals surface area contributed by atoms with Crippen LogP contribution < -0.4 is 0 Å². The van der Waals surface area contributed by atoms with Gasteiger partial charge in [0.15, 0.2) is 11.4 Å². The van der Waals surface area contributed by atoms with E-state index in [0.29, 0.717) is 5.82 Å². The third-order valence-electron chi connectivity index (χ3n) is 10.6. The third-order valence-corrected chi connectivity index (χ3v) is 10.6. The Balaban J connectivity index is 1.03. The average Bonchev–Trinajstić information content (AvgIpc) is 3.78. The van der Waals surface area contributed by atoms with E-state index in [1.54, 1.807) is 0 Å². The maximum absolute atomic E-state index is 6.51. The van der Waals surface area contributed by atoms with Gasteiger partial charge in [-0.2, -0.15) is 0 Å². The van der Waals surface area contributed by atoms with Gasteiger partial charge in [0.25, 0.3) is 0 Å². The number of benzene rings is 8. The van der Waals surface area contributed by atoms with Crippen LogP contribution >= 0.6 is 0 Å². The molecular weight excluding hydrogens is 659 g/mol. The molecule has 54 heavy (non-hydrogen) atoms. The van der Waals surface area contributed by atoms with Gasteiger partial charge in [-0.3, -0.25) is 4.40 Å². The van der Waals surface area contributed by atoms with E-state index in [1.807, 2.05) is 12.1 Å². The van der Waals surface area contributed by atoms with E-state index in [2.05, 4.69) is 180 Å². The van der Waals surface area contributed by atoms with Crippen LogP contribution in [0.1, 0.15) is 0 Å². The highest BCUT2D eigenvalue weighted by Crippen LogP contribution is 2.41. The van der Waals surface area contributed by atoms with Gasteiger partial charge >= 0.3 is 0 Å². The minimum Gasteiger partial charge on any atom is -0.438 e. The van der Waals surface area contributed by atoms with Crippen molar-refractivity contribution in [3.8, 4) is 56.2 Å². The summed E-state index contributed by atoms with van der Waals surface area (Å²) in [4.78, 5) is 10.5. The van der Waals surface area contributed by atoms with Gasteiger partial charge in [-0.05, 0) is 68.6 Å². The second kappa shape index (κ2) is 12.1. The Labute approximate surface area is 311 Å². The molecule has 0 N–H and O–H groups in total. The largest absolute Gasteiger partial charge is 0.438 e. The molecule has 11 rings (SSSR count). The molecule has 4 nitrogen and oxygen atoms in total. The van der Waals surface area contributed by atoms with Crippen molar-refractivity contribution in [1.82, 2.24) is 14.4 Å². The molecule has 0 radical (unpaired) electrons. The molecular formula is C50H31N3O. The molecule has 0 aliphatic carbocycles. The molecule has 0 fully saturated rings. The average molecular weight is 690 g/mol. The lowest BCUT2D eigenvalue weighted by Crippen LogP contribution is -1.97. The van der Waals surface area contributed by atoms with Crippen LogP contribution in [0, 0.1) is 0 Å². The van der Waals surface area contributed by atoms with Crippen molar-refractivity contribution in [2.75, 3.05) is 0 Å². The molecule has 8 aromatic carbocycles. The maximum Gasteiger partial charge on any atom is 0.213 e. The predicted octanol–water partition coefficient (Wildman–Crippen LogP) is 13.3. The zero-order valence-electron chi connectivity index (χ0n) is 29.1. The smallest absolute Gasteiger partial charge is 0.213 e. The van der Waals surface area contributed by atoms with Crippen molar-refractivity contribution in [3.05, 3.63) is 188 Å². The van der Waals surface area contributed by atoms with Gasteiger partial charge < -0.3 is 4.42 Å². The fraction of sp³-hybridized carbons (Fsp3) is 0. The van der Waals surface area contributed by atoms with Crippen LogP contribution in [-0.4, -0.2) is 14.4 Å². The zero-order valence-corrected chi connectivity index (χ0v) is 29.1.